The normalized spacial score (nSPS) is 13.8. The third-order valence-electron chi connectivity index (χ3n) is 6.80. The van der Waals surface area contributed by atoms with Crippen molar-refractivity contribution in [3.05, 3.63) is 129 Å². The second-order valence-corrected chi connectivity index (χ2v) is 9.92. The van der Waals surface area contributed by atoms with E-state index in [0.717, 1.165) is 38.9 Å². The van der Waals surface area contributed by atoms with Gasteiger partial charge >= 0.3 is 5.97 Å². The van der Waals surface area contributed by atoms with Crippen LogP contribution in [-0.2, 0) is 16.1 Å². The van der Waals surface area contributed by atoms with Crippen molar-refractivity contribution in [1.82, 2.24) is 4.57 Å². The molecule has 4 aromatic carbocycles. The third kappa shape index (κ3) is 4.22. The second-order valence-electron chi connectivity index (χ2n) is 9.05. The highest BCUT2D eigenvalue weighted by atomic mass is 35.5. The third-order valence-corrected chi connectivity index (χ3v) is 7.29. The Hall–Kier alpha value is -3.86. The van der Waals surface area contributed by atoms with Crippen LogP contribution in [0.5, 0.6) is 0 Å². The fourth-order valence-corrected chi connectivity index (χ4v) is 5.46. The number of rotatable bonds is 5. The Morgan fingerprint density at radius 1 is 0.811 bits per heavy atom. The van der Waals surface area contributed by atoms with Crippen molar-refractivity contribution in [2.24, 2.45) is 0 Å². The van der Waals surface area contributed by atoms with Crippen molar-refractivity contribution in [2.45, 2.75) is 19.1 Å². The standard InChI is InChI=1S/C31H21Cl2NO3/c32-21-12-10-20(11-13-21)29-23-8-4-5-9-25(23)31(36)34-27(26-16-22(33)14-15-24(26)30(29)34)17-28(35)37-18-19-6-2-1-3-7-19/h1-16,27H,17-18H2. The molecule has 6 rings (SSSR count). The average Bonchev–Trinajstić information content (AvgIpc) is 3.22. The number of hydrogen-bond acceptors (Lipinski definition) is 3. The summed E-state index contributed by atoms with van der Waals surface area (Å²) < 4.78 is 7.34. The highest BCUT2D eigenvalue weighted by Gasteiger charge is 2.35. The van der Waals surface area contributed by atoms with Gasteiger partial charge in [0.25, 0.3) is 5.56 Å². The highest BCUT2D eigenvalue weighted by Crippen LogP contribution is 2.47. The number of esters is 1. The molecule has 2 heterocycles. The van der Waals surface area contributed by atoms with Crippen LogP contribution in [0.2, 0.25) is 10.0 Å². The van der Waals surface area contributed by atoms with Crippen LogP contribution in [0.4, 0.5) is 0 Å². The molecule has 37 heavy (non-hydrogen) atoms. The van der Waals surface area contributed by atoms with E-state index in [2.05, 4.69) is 0 Å². The molecular formula is C31H21Cl2NO3. The first-order chi connectivity index (χ1) is 18.0. The van der Waals surface area contributed by atoms with Gasteiger partial charge in [-0.15, -0.1) is 0 Å². The van der Waals surface area contributed by atoms with Gasteiger partial charge in [-0.25, -0.2) is 0 Å². The molecule has 0 radical (unpaired) electrons. The van der Waals surface area contributed by atoms with Crippen LogP contribution in [0.15, 0.2) is 102 Å². The minimum Gasteiger partial charge on any atom is -0.461 e. The van der Waals surface area contributed by atoms with Crippen molar-refractivity contribution < 1.29 is 9.53 Å². The molecule has 0 saturated heterocycles. The molecule has 1 aromatic heterocycles. The Morgan fingerprint density at radius 3 is 2.24 bits per heavy atom. The predicted octanol–water partition coefficient (Wildman–Crippen LogP) is 7.68. The number of ether oxygens (including phenoxy) is 1. The van der Waals surface area contributed by atoms with E-state index in [0.29, 0.717) is 15.4 Å². The van der Waals surface area contributed by atoms with E-state index < -0.39 is 6.04 Å². The van der Waals surface area contributed by atoms with E-state index in [1.807, 2.05) is 97.1 Å². The van der Waals surface area contributed by atoms with Gasteiger partial charge < -0.3 is 4.74 Å². The van der Waals surface area contributed by atoms with E-state index in [1.54, 1.807) is 4.57 Å². The molecule has 0 amide bonds. The van der Waals surface area contributed by atoms with Crippen molar-refractivity contribution in [3.63, 3.8) is 0 Å². The number of pyridine rings is 1. The van der Waals surface area contributed by atoms with Gasteiger partial charge in [-0.3, -0.25) is 14.2 Å². The monoisotopic (exact) mass is 525 g/mol. The number of carbonyl (C=O) groups is 1. The summed E-state index contributed by atoms with van der Waals surface area (Å²) in [6.07, 6.45) is 0.00544. The fraction of sp³-hybridized carbons (Fsp3) is 0.0968. The molecular weight excluding hydrogens is 505 g/mol. The van der Waals surface area contributed by atoms with Gasteiger partial charge in [0.1, 0.15) is 6.61 Å². The SMILES string of the molecule is O=C(CC1c2cc(Cl)ccc2-c2c(-c3ccc(Cl)cc3)c3ccccc3c(=O)n21)OCc1ccccc1. The van der Waals surface area contributed by atoms with Crippen LogP contribution >= 0.6 is 23.2 Å². The molecule has 1 unspecified atom stereocenters. The molecule has 182 valence electrons. The van der Waals surface area contributed by atoms with Gasteiger partial charge in [-0.2, -0.15) is 0 Å². The maximum atomic E-state index is 13.9. The van der Waals surface area contributed by atoms with E-state index in [9.17, 15) is 9.59 Å². The molecule has 1 aliphatic rings. The Bertz CT molecular complexity index is 1710. The van der Waals surface area contributed by atoms with E-state index in [4.69, 9.17) is 27.9 Å². The quantitative estimate of drug-likeness (QED) is 0.221. The Kier molecular flexibility index (Phi) is 6.07. The van der Waals surface area contributed by atoms with Crippen LogP contribution in [0.3, 0.4) is 0 Å². The topological polar surface area (TPSA) is 48.3 Å². The summed E-state index contributed by atoms with van der Waals surface area (Å²) in [7, 11) is 0. The molecule has 4 nitrogen and oxygen atoms in total. The summed E-state index contributed by atoms with van der Waals surface area (Å²) in [4.78, 5) is 27.0. The number of nitrogens with zero attached hydrogens (tertiary/aromatic N) is 1. The predicted molar refractivity (Wildman–Crippen MR) is 148 cm³/mol. The summed E-state index contributed by atoms with van der Waals surface area (Å²) in [5.41, 5.74) is 5.05. The molecule has 0 saturated carbocycles. The summed E-state index contributed by atoms with van der Waals surface area (Å²) in [6.45, 7) is 0.171. The van der Waals surface area contributed by atoms with Crippen molar-refractivity contribution in [2.75, 3.05) is 0 Å². The first-order valence-electron chi connectivity index (χ1n) is 11.9. The zero-order valence-corrected chi connectivity index (χ0v) is 21.2. The van der Waals surface area contributed by atoms with Gasteiger partial charge in [-0.1, -0.05) is 89.9 Å². The lowest BCUT2D eigenvalue weighted by Gasteiger charge is -2.19. The second kappa shape index (κ2) is 9.55. The minimum absolute atomic E-state index is 0.00544. The van der Waals surface area contributed by atoms with Crippen molar-refractivity contribution in [1.29, 1.82) is 0 Å². The number of fused-ring (bicyclic) bond motifs is 4. The van der Waals surface area contributed by atoms with Crippen LogP contribution in [0.1, 0.15) is 23.6 Å². The Morgan fingerprint density at radius 2 is 1.49 bits per heavy atom. The lowest BCUT2D eigenvalue weighted by molar-refractivity contribution is -0.145. The Balaban J connectivity index is 1.53. The molecule has 0 N–H and O–H groups in total. The van der Waals surface area contributed by atoms with Gasteiger partial charge in [0.2, 0.25) is 0 Å². The van der Waals surface area contributed by atoms with Crippen LogP contribution in [-0.4, -0.2) is 10.5 Å². The molecule has 5 aromatic rings. The lowest BCUT2D eigenvalue weighted by Crippen LogP contribution is -2.26. The van der Waals surface area contributed by atoms with E-state index in [-0.39, 0.29) is 24.6 Å². The molecule has 6 heteroatoms. The van der Waals surface area contributed by atoms with Gasteiger partial charge in [0.05, 0.1) is 18.2 Å². The van der Waals surface area contributed by atoms with Crippen LogP contribution in [0.25, 0.3) is 33.2 Å². The maximum absolute atomic E-state index is 13.9. The first-order valence-corrected chi connectivity index (χ1v) is 12.7. The molecule has 0 aliphatic carbocycles. The van der Waals surface area contributed by atoms with E-state index >= 15 is 0 Å². The van der Waals surface area contributed by atoms with Crippen LogP contribution in [0, 0.1) is 0 Å². The molecule has 0 bridgehead atoms. The molecule has 1 atom stereocenters. The smallest absolute Gasteiger partial charge is 0.308 e. The average molecular weight is 526 g/mol. The first kappa shape index (κ1) is 23.5. The fourth-order valence-electron chi connectivity index (χ4n) is 5.16. The minimum atomic E-state index is -0.546. The zero-order chi connectivity index (χ0) is 25.5. The lowest BCUT2D eigenvalue weighted by atomic mass is 9.93. The number of halogens is 2. The maximum Gasteiger partial charge on any atom is 0.308 e. The summed E-state index contributed by atoms with van der Waals surface area (Å²) in [5.74, 6) is -0.388. The van der Waals surface area contributed by atoms with E-state index in [1.165, 1.54) is 0 Å². The number of hydrogen-bond donors (Lipinski definition) is 0. The number of benzene rings is 4. The van der Waals surface area contributed by atoms with Crippen LogP contribution < -0.4 is 5.56 Å². The summed E-state index contributed by atoms with van der Waals surface area (Å²) >= 11 is 12.6. The van der Waals surface area contributed by atoms with Gasteiger partial charge in [0.15, 0.2) is 0 Å². The van der Waals surface area contributed by atoms with Crippen molar-refractivity contribution >= 4 is 39.9 Å². The largest absolute Gasteiger partial charge is 0.461 e. The summed E-state index contributed by atoms with van der Waals surface area (Å²) in [6, 6.07) is 29.7. The summed E-state index contributed by atoms with van der Waals surface area (Å²) in [5, 5.41) is 2.59. The Labute approximate surface area is 223 Å². The van der Waals surface area contributed by atoms with Crippen molar-refractivity contribution in [3.8, 4) is 22.4 Å². The molecule has 1 aliphatic heterocycles. The number of aromatic nitrogens is 1. The van der Waals surface area contributed by atoms with Gasteiger partial charge in [0, 0.05) is 26.6 Å². The molecule has 0 spiro atoms. The number of carbonyl (C=O) groups excluding carboxylic acids is 1. The zero-order valence-electron chi connectivity index (χ0n) is 19.7. The highest BCUT2D eigenvalue weighted by molar-refractivity contribution is 6.31. The van der Waals surface area contributed by atoms with Gasteiger partial charge in [-0.05, 0) is 52.4 Å². The molecule has 0 fully saturated rings.